The summed E-state index contributed by atoms with van der Waals surface area (Å²) in [5.74, 6) is 1.17. The van der Waals surface area contributed by atoms with Crippen molar-refractivity contribution in [1.29, 1.82) is 0 Å². The molecule has 0 aliphatic heterocycles. The zero-order valence-electron chi connectivity index (χ0n) is 14.4. The summed E-state index contributed by atoms with van der Waals surface area (Å²) in [6, 6.07) is 7.24. The second-order valence-corrected chi connectivity index (χ2v) is 6.94. The SMILES string of the molecule is COCCNC(=O)[C@@H](C)Sc1nnc(COc2ccccc2Cl)n1C. The van der Waals surface area contributed by atoms with Gasteiger partial charge in [-0.25, -0.2) is 0 Å². The number of halogens is 1. The minimum absolute atomic E-state index is 0.0704. The third-order valence-electron chi connectivity index (χ3n) is 3.38. The average Bonchev–Trinajstić information content (AvgIpc) is 2.94. The van der Waals surface area contributed by atoms with Gasteiger partial charge in [0.25, 0.3) is 0 Å². The van der Waals surface area contributed by atoms with E-state index in [1.54, 1.807) is 23.8 Å². The molecule has 0 saturated heterocycles. The Morgan fingerprint density at radius 2 is 2.16 bits per heavy atom. The van der Waals surface area contributed by atoms with Crippen LogP contribution in [0.25, 0.3) is 0 Å². The lowest BCUT2D eigenvalue weighted by Gasteiger charge is -2.11. The van der Waals surface area contributed by atoms with Crippen LogP contribution in [-0.2, 0) is 23.2 Å². The van der Waals surface area contributed by atoms with Gasteiger partial charge in [0.2, 0.25) is 5.91 Å². The van der Waals surface area contributed by atoms with Crippen LogP contribution in [0.3, 0.4) is 0 Å². The summed E-state index contributed by atoms with van der Waals surface area (Å²) in [7, 11) is 3.43. The van der Waals surface area contributed by atoms with Gasteiger partial charge in [-0.05, 0) is 19.1 Å². The number of aromatic nitrogens is 3. The van der Waals surface area contributed by atoms with Crippen LogP contribution in [0.4, 0.5) is 0 Å². The molecule has 0 saturated carbocycles. The first-order chi connectivity index (χ1) is 12.0. The first kappa shape index (κ1) is 19.6. The topological polar surface area (TPSA) is 78.3 Å². The van der Waals surface area contributed by atoms with Gasteiger partial charge in [-0.1, -0.05) is 35.5 Å². The predicted molar refractivity (Wildman–Crippen MR) is 97.0 cm³/mol. The van der Waals surface area contributed by atoms with Crippen molar-refractivity contribution in [3.8, 4) is 5.75 Å². The first-order valence-electron chi connectivity index (χ1n) is 7.71. The lowest BCUT2D eigenvalue weighted by molar-refractivity contribution is -0.120. The maximum absolute atomic E-state index is 12.0. The molecule has 1 aromatic heterocycles. The minimum Gasteiger partial charge on any atom is -0.484 e. The first-order valence-corrected chi connectivity index (χ1v) is 8.97. The molecule has 0 spiro atoms. The summed E-state index contributed by atoms with van der Waals surface area (Å²) in [5.41, 5.74) is 0. The summed E-state index contributed by atoms with van der Waals surface area (Å²) in [6.07, 6.45) is 0. The highest BCUT2D eigenvalue weighted by Gasteiger charge is 2.18. The number of carbonyl (C=O) groups excluding carboxylic acids is 1. The molecule has 1 aromatic carbocycles. The van der Waals surface area contributed by atoms with Crippen LogP contribution < -0.4 is 10.1 Å². The molecule has 136 valence electrons. The van der Waals surface area contributed by atoms with Crippen molar-refractivity contribution in [3.05, 3.63) is 35.1 Å². The molecule has 25 heavy (non-hydrogen) atoms. The molecule has 1 N–H and O–H groups in total. The fourth-order valence-electron chi connectivity index (χ4n) is 1.91. The molecule has 7 nitrogen and oxygen atoms in total. The molecule has 2 rings (SSSR count). The number of hydrogen-bond acceptors (Lipinski definition) is 6. The highest BCUT2D eigenvalue weighted by atomic mass is 35.5. The smallest absolute Gasteiger partial charge is 0.233 e. The summed E-state index contributed by atoms with van der Waals surface area (Å²) in [5, 5.41) is 11.9. The van der Waals surface area contributed by atoms with Crippen LogP contribution in [0.5, 0.6) is 5.75 Å². The number of methoxy groups -OCH3 is 1. The maximum Gasteiger partial charge on any atom is 0.233 e. The Bertz CT molecular complexity index is 710. The molecule has 0 bridgehead atoms. The highest BCUT2D eigenvalue weighted by molar-refractivity contribution is 8.00. The standard InChI is InChI=1S/C16H21ClN4O3S/c1-11(15(22)18-8-9-23-3)25-16-20-19-14(21(16)2)10-24-13-7-5-4-6-12(13)17/h4-7,11H,8-10H2,1-3H3,(H,18,22)/t11-/m1/s1. The van der Waals surface area contributed by atoms with Gasteiger partial charge in [0.1, 0.15) is 12.4 Å². The average molecular weight is 385 g/mol. The molecule has 0 fully saturated rings. The van der Waals surface area contributed by atoms with Crippen LogP contribution in [0, 0.1) is 0 Å². The van der Waals surface area contributed by atoms with Crippen LogP contribution in [0.1, 0.15) is 12.7 Å². The van der Waals surface area contributed by atoms with E-state index in [1.165, 1.54) is 11.8 Å². The molecule has 0 aliphatic carbocycles. The number of nitrogens with one attached hydrogen (secondary N) is 1. The number of para-hydroxylation sites is 1. The fourth-order valence-corrected chi connectivity index (χ4v) is 2.96. The number of nitrogens with zero attached hydrogens (tertiary/aromatic N) is 3. The third-order valence-corrected chi connectivity index (χ3v) is 4.82. The zero-order valence-corrected chi connectivity index (χ0v) is 15.9. The number of amides is 1. The lowest BCUT2D eigenvalue weighted by Crippen LogP contribution is -2.33. The Morgan fingerprint density at radius 1 is 1.40 bits per heavy atom. The number of thioether (sulfide) groups is 1. The van der Waals surface area contributed by atoms with Crippen molar-refractivity contribution in [2.75, 3.05) is 20.3 Å². The van der Waals surface area contributed by atoms with Crippen molar-refractivity contribution in [2.45, 2.75) is 23.9 Å². The fraction of sp³-hybridized carbons (Fsp3) is 0.438. The molecule has 1 amide bonds. The van der Waals surface area contributed by atoms with Gasteiger partial charge in [0.15, 0.2) is 11.0 Å². The number of ether oxygens (including phenoxy) is 2. The van der Waals surface area contributed by atoms with Crippen molar-refractivity contribution < 1.29 is 14.3 Å². The Labute approximate surface area is 156 Å². The van der Waals surface area contributed by atoms with E-state index >= 15 is 0 Å². The Hall–Kier alpha value is -1.77. The van der Waals surface area contributed by atoms with Gasteiger partial charge >= 0.3 is 0 Å². The maximum atomic E-state index is 12.0. The van der Waals surface area contributed by atoms with Crippen LogP contribution >= 0.6 is 23.4 Å². The molecule has 2 aromatic rings. The molecular weight excluding hydrogens is 364 g/mol. The van der Waals surface area contributed by atoms with E-state index in [9.17, 15) is 4.79 Å². The van der Waals surface area contributed by atoms with E-state index in [2.05, 4.69) is 15.5 Å². The number of carbonyl (C=O) groups is 1. The van der Waals surface area contributed by atoms with Crippen molar-refractivity contribution in [1.82, 2.24) is 20.1 Å². The van der Waals surface area contributed by atoms with Crippen molar-refractivity contribution in [2.24, 2.45) is 7.05 Å². The van der Waals surface area contributed by atoms with Crippen LogP contribution in [0.15, 0.2) is 29.4 Å². The molecule has 1 atom stereocenters. The van der Waals surface area contributed by atoms with E-state index in [-0.39, 0.29) is 17.8 Å². The Morgan fingerprint density at radius 3 is 2.88 bits per heavy atom. The van der Waals surface area contributed by atoms with E-state index in [1.807, 2.05) is 26.1 Å². The second kappa shape index (κ2) is 9.65. The summed E-state index contributed by atoms with van der Waals surface area (Å²) in [4.78, 5) is 12.0. The number of hydrogen-bond donors (Lipinski definition) is 1. The number of rotatable bonds is 9. The van der Waals surface area contributed by atoms with E-state index in [0.29, 0.717) is 34.9 Å². The molecule has 0 unspecified atom stereocenters. The van der Waals surface area contributed by atoms with Crippen LogP contribution in [0.2, 0.25) is 5.02 Å². The van der Waals surface area contributed by atoms with Gasteiger partial charge in [0.05, 0.1) is 16.9 Å². The molecular formula is C16H21ClN4O3S. The number of benzene rings is 1. The lowest BCUT2D eigenvalue weighted by atomic mass is 10.3. The third kappa shape index (κ3) is 5.62. The minimum atomic E-state index is -0.294. The Balaban J connectivity index is 1.91. The van der Waals surface area contributed by atoms with Gasteiger partial charge in [-0.2, -0.15) is 0 Å². The highest BCUT2D eigenvalue weighted by Crippen LogP contribution is 2.25. The normalized spacial score (nSPS) is 12.0. The molecule has 0 radical (unpaired) electrons. The Kier molecular flexibility index (Phi) is 7.54. The van der Waals surface area contributed by atoms with E-state index in [4.69, 9.17) is 21.1 Å². The quantitative estimate of drug-likeness (QED) is 0.528. The summed E-state index contributed by atoms with van der Waals surface area (Å²) < 4.78 is 12.4. The molecule has 1 heterocycles. The zero-order chi connectivity index (χ0) is 18.2. The molecule has 9 heteroatoms. The predicted octanol–water partition coefficient (Wildman–Crippen LogP) is 2.29. The second-order valence-electron chi connectivity index (χ2n) is 5.22. The van der Waals surface area contributed by atoms with Crippen molar-refractivity contribution >= 4 is 29.3 Å². The van der Waals surface area contributed by atoms with Gasteiger partial charge in [-0.3, -0.25) is 4.79 Å². The van der Waals surface area contributed by atoms with E-state index < -0.39 is 0 Å². The monoisotopic (exact) mass is 384 g/mol. The van der Waals surface area contributed by atoms with Crippen LogP contribution in [-0.4, -0.2) is 46.2 Å². The molecule has 0 aliphatic rings. The van der Waals surface area contributed by atoms with Gasteiger partial charge < -0.3 is 19.4 Å². The van der Waals surface area contributed by atoms with E-state index in [0.717, 1.165) is 0 Å². The largest absolute Gasteiger partial charge is 0.484 e. The summed E-state index contributed by atoms with van der Waals surface area (Å²) in [6.45, 7) is 3.02. The van der Waals surface area contributed by atoms with Gasteiger partial charge in [0, 0.05) is 20.7 Å². The summed E-state index contributed by atoms with van der Waals surface area (Å²) >= 11 is 7.40. The van der Waals surface area contributed by atoms with Gasteiger partial charge in [-0.15, -0.1) is 10.2 Å². The van der Waals surface area contributed by atoms with Crippen molar-refractivity contribution in [3.63, 3.8) is 0 Å².